The first-order valence-electron chi connectivity index (χ1n) is 10.0. The van der Waals surface area contributed by atoms with Gasteiger partial charge in [0.05, 0.1) is 11.0 Å². The van der Waals surface area contributed by atoms with Gasteiger partial charge in [-0.05, 0) is 41.3 Å². The average molecular weight is 447 g/mol. The number of anilines is 1. The Hall–Kier alpha value is -3.85. The number of benzene rings is 2. The standard InChI is InChI=1S/C23H18FN5O2S/c24-17-4-2-1-3-14(17)11-20-26-18-6-5-16(12-19(18)27-20)25-21(30)7-8-22-28-23(29-31-22)15-9-10-32-13-15/h1-6,9-10,12-13H,7-8,11H2,(H,25,30)(H,26,27). The molecular weight excluding hydrogens is 429 g/mol. The number of H-pyrrole nitrogens is 1. The van der Waals surface area contributed by atoms with Crippen molar-refractivity contribution in [3.05, 3.63) is 82.4 Å². The lowest BCUT2D eigenvalue weighted by atomic mass is 10.1. The van der Waals surface area contributed by atoms with Gasteiger partial charge in [0.2, 0.25) is 17.6 Å². The van der Waals surface area contributed by atoms with Gasteiger partial charge in [-0.2, -0.15) is 16.3 Å². The fourth-order valence-electron chi connectivity index (χ4n) is 3.36. The van der Waals surface area contributed by atoms with Crippen molar-refractivity contribution in [2.75, 3.05) is 5.32 Å². The molecule has 0 saturated heterocycles. The van der Waals surface area contributed by atoms with E-state index in [0.29, 0.717) is 41.6 Å². The molecule has 2 N–H and O–H groups in total. The number of hydrogen-bond donors (Lipinski definition) is 2. The quantitative estimate of drug-likeness (QED) is 0.367. The van der Waals surface area contributed by atoms with Gasteiger partial charge in [0.15, 0.2) is 0 Å². The van der Waals surface area contributed by atoms with Crippen LogP contribution in [0.15, 0.2) is 63.8 Å². The van der Waals surface area contributed by atoms with Gasteiger partial charge in [0.1, 0.15) is 11.6 Å². The molecule has 5 rings (SSSR count). The van der Waals surface area contributed by atoms with E-state index in [1.165, 1.54) is 6.07 Å². The topological polar surface area (TPSA) is 96.7 Å². The summed E-state index contributed by atoms with van der Waals surface area (Å²) < 4.78 is 19.1. The maximum Gasteiger partial charge on any atom is 0.227 e. The number of fused-ring (bicyclic) bond motifs is 1. The Morgan fingerprint density at radius 1 is 1.16 bits per heavy atom. The van der Waals surface area contributed by atoms with Crippen LogP contribution in [0, 0.1) is 5.82 Å². The van der Waals surface area contributed by atoms with E-state index in [9.17, 15) is 9.18 Å². The van der Waals surface area contributed by atoms with Crippen LogP contribution in [0.1, 0.15) is 23.7 Å². The largest absolute Gasteiger partial charge is 0.342 e. The summed E-state index contributed by atoms with van der Waals surface area (Å²) in [5.74, 6) is 1.18. The van der Waals surface area contributed by atoms with Gasteiger partial charge < -0.3 is 14.8 Å². The Morgan fingerprint density at radius 2 is 2.06 bits per heavy atom. The number of carbonyl (C=O) groups excluding carboxylic acids is 1. The first kappa shape index (κ1) is 20.1. The molecule has 0 unspecified atom stereocenters. The molecule has 0 bridgehead atoms. The van der Waals surface area contributed by atoms with E-state index in [1.54, 1.807) is 35.6 Å². The molecule has 0 aliphatic rings. The third-order valence-corrected chi connectivity index (χ3v) is 5.63. The predicted molar refractivity (Wildman–Crippen MR) is 120 cm³/mol. The lowest BCUT2D eigenvalue weighted by Gasteiger charge is -2.03. The number of aryl methyl sites for hydroxylation is 1. The van der Waals surface area contributed by atoms with Gasteiger partial charge in [-0.1, -0.05) is 23.4 Å². The predicted octanol–water partition coefficient (Wildman–Crippen LogP) is 4.98. The SMILES string of the molecule is O=C(CCc1nc(-c2ccsc2)no1)Nc1ccc2nc(Cc3ccccc3F)[nH]c2c1. The number of amides is 1. The normalized spacial score (nSPS) is 11.2. The van der Waals surface area contributed by atoms with Gasteiger partial charge >= 0.3 is 0 Å². The fraction of sp³-hybridized carbons (Fsp3) is 0.130. The summed E-state index contributed by atoms with van der Waals surface area (Å²) in [5, 5.41) is 10.7. The van der Waals surface area contributed by atoms with Crippen LogP contribution >= 0.6 is 11.3 Å². The molecule has 32 heavy (non-hydrogen) atoms. The highest BCUT2D eigenvalue weighted by atomic mass is 32.1. The number of rotatable bonds is 7. The van der Waals surface area contributed by atoms with Crippen LogP contribution in [0.25, 0.3) is 22.4 Å². The lowest BCUT2D eigenvalue weighted by molar-refractivity contribution is -0.116. The van der Waals surface area contributed by atoms with Crippen LogP contribution < -0.4 is 5.32 Å². The Kier molecular flexibility index (Phi) is 5.47. The highest BCUT2D eigenvalue weighted by molar-refractivity contribution is 7.08. The smallest absolute Gasteiger partial charge is 0.227 e. The van der Waals surface area contributed by atoms with Crippen LogP contribution in [0.2, 0.25) is 0 Å². The molecule has 0 aliphatic heterocycles. The number of thiophene rings is 1. The van der Waals surface area contributed by atoms with Crippen LogP contribution in [0.5, 0.6) is 0 Å². The molecule has 3 aromatic heterocycles. The summed E-state index contributed by atoms with van der Waals surface area (Å²) in [4.78, 5) is 24.4. The molecule has 160 valence electrons. The second-order valence-electron chi connectivity index (χ2n) is 7.26. The first-order chi connectivity index (χ1) is 15.6. The van der Waals surface area contributed by atoms with Crippen LogP contribution in [-0.4, -0.2) is 26.0 Å². The number of carbonyl (C=O) groups is 1. The molecule has 0 spiro atoms. The zero-order valence-electron chi connectivity index (χ0n) is 16.8. The highest BCUT2D eigenvalue weighted by Crippen LogP contribution is 2.21. The van der Waals surface area contributed by atoms with Crippen molar-refractivity contribution in [2.24, 2.45) is 0 Å². The van der Waals surface area contributed by atoms with Gasteiger partial charge in [-0.25, -0.2) is 9.37 Å². The Morgan fingerprint density at radius 3 is 2.91 bits per heavy atom. The molecule has 7 nitrogen and oxygen atoms in total. The van der Waals surface area contributed by atoms with Crippen molar-refractivity contribution in [3.8, 4) is 11.4 Å². The number of aromatic amines is 1. The summed E-state index contributed by atoms with van der Waals surface area (Å²) in [6.45, 7) is 0. The van der Waals surface area contributed by atoms with Crippen molar-refractivity contribution in [1.82, 2.24) is 20.1 Å². The van der Waals surface area contributed by atoms with E-state index in [1.807, 2.05) is 29.0 Å². The zero-order chi connectivity index (χ0) is 21.9. The van der Waals surface area contributed by atoms with Crippen molar-refractivity contribution < 1.29 is 13.7 Å². The molecule has 1 amide bonds. The molecule has 3 heterocycles. The molecule has 5 aromatic rings. The summed E-state index contributed by atoms with van der Waals surface area (Å²) in [7, 11) is 0. The fourth-order valence-corrected chi connectivity index (χ4v) is 3.99. The number of halogens is 1. The maximum absolute atomic E-state index is 13.9. The van der Waals surface area contributed by atoms with Gasteiger partial charge in [-0.15, -0.1) is 0 Å². The van der Waals surface area contributed by atoms with Crippen molar-refractivity contribution in [2.45, 2.75) is 19.3 Å². The van der Waals surface area contributed by atoms with E-state index in [0.717, 1.165) is 16.6 Å². The third kappa shape index (κ3) is 4.42. The monoisotopic (exact) mass is 447 g/mol. The average Bonchev–Trinajstić information content (AvgIpc) is 3.54. The molecule has 0 aliphatic carbocycles. The lowest BCUT2D eigenvalue weighted by Crippen LogP contribution is -2.12. The Labute approximate surface area is 186 Å². The van der Waals surface area contributed by atoms with Gasteiger partial charge in [-0.3, -0.25) is 4.79 Å². The Balaban J connectivity index is 1.21. The highest BCUT2D eigenvalue weighted by Gasteiger charge is 2.12. The van der Waals surface area contributed by atoms with E-state index in [4.69, 9.17) is 4.52 Å². The van der Waals surface area contributed by atoms with Crippen LogP contribution in [0.3, 0.4) is 0 Å². The zero-order valence-corrected chi connectivity index (χ0v) is 17.7. The van der Waals surface area contributed by atoms with E-state index < -0.39 is 0 Å². The summed E-state index contributed by atoms with van der Waals surface area (Å²) in [5.41, 5.74) is 3.64. The van der Waals surface area contributed by atoms with Crippen LogP contribution in [-0.2, 0) is 17.6 Å². The number of nitrogens with one attached hydrogen (secondary N) is 2. The maximum atomic E-state index is 13.9. The summed E-state index contributed by atoms with van der Waals surface area (Å²) >= 11 is 1.56. The Bertz CT molecular complexity index is 1380. The van der Waals surface area contributed by atoms with E-state index >= 15 is 0 Å². The number of imidazole rings is 1. The van der Waals surface area contributed by atoms with E-state index in [2.05, 4.69) is 25.4 Å². The number of hydrogen-bond acceptors (Lipinski definition) is 6. The molecule has 0 fully saturated rings. The minimum Gasteiger partial charge on any atom is -0.342 e. The molecule has 0 radical (unpaired) electrons. The van der Waals surface area contributed by atoms with Crippen molar-refractivity contribution in [3.63, 3.8) is 0 Å². The van der Waals surface area contributed by atoms with Gasteiger partial charge in [0, 0.05) is 35.9 Å². The van der Waals surface area contributed by atoms with Gasteiger partial charge in [0.25, 0.3) is 0 Å². The molecular formula is C23H18FN5O2S. The molecule has 0 atom stereocenters. The second-order valence-corrected chi connectivity index (χ2v) is 8.04. The molecule has 0 saturated carbocycles. The minimum absolute atomic E-state index is 0.161. The molecule has 9 heteroatoms. The first-order valence-corrected chi connectivity index (χ1v) is 11.0. The van der Waals surface area contributed by atoms with E-state index in [-0.39, 0.29) is 18.1 Å². The number of nitrogens with zero attached hydrogens (tertiary/aromatic N) is 3. The number of aromatic nitrogens is 4. The van der Waals surface area contributed by atoms with Crippen molar-refractivity contribution >= 4 is 34.0 Å². The summed E-state index contributed by atoms with van der Waals surface area (Å²) in [6, 6.07) is 14.0. The van der Waals surface area contributed by atoms with Crippen LogP contribution in [0.4, 0.5) is 10.1 Å². The second kappa shape index (κ2) is 8.72. The van der Waals surface area contributed by atoms with Crippen molar-refractivity contribution in [1.29, 1.82) is 0 Å². The summed E-state index contributed by atoms with van der Waals surface area (Å²) in [6.07, 6.45) is 0.924. The third-order valence-electron chi connectivity index (χ3n) is 4.94. The molecule has 2 aromatic carbocycles. The minimum atomic E-state index is -0.260.